The van der Waals surface area contributed by atoms with E-state index < -0.39 is 0 Å². The van der Waals surface area contributed by atoms with Gasteiger partial charge in [0, 0.05) is 45.6 Å². The van der Waals surface area contributed by atoms with Crippen LogP contribution in [0.25, 0.3) is 0 Å². The zero-order chi connectivity index (χ0) is 18.9. The van der Waals surface area contributed by atoms with Gasteiger partial charge in [-0.1, -0.05) is 25.1 Å². The lowest BCUT2D eigenvalue weighted by molar-refractivity contribution is 0.197. The van der Waals surface area contributed by atoms with Gasteiger partial charge in [-0.2, -0.15) is 0 Å². The van der Waals surface area contributed by atoms with E-state index in [4.69, 9.17) is 4.74 Å². The van der Waals surface area contributed by atoms with Crippen molar-refractivity contribution >= 4 is 35.9 Å². The largest absolute Gasteiger partial charge is 0.489 e. The Bertz CT molecular complexity index is 707. The summed E-state index contributed by atoms with van der Waals surface area (Å²) < 4.78 is 6.06. The van der Waals surface area contributed by atoms with Crippen molar-refractivity contribution in [2.24, 2.45) is 4.99 Å². The van der Waals surface area contributed by atoms with Crippen LogP contribution in [0.2, 0.25) is 0 Å². The zero-order valence-corrected chi connectivity index (χ0v) is 18.8. The molecule has 1 aromatic heterocycles. The summed E-state index contributed by atoms with van der Waals surface area (Å²) in [5.74, 6) is 2.61. The monoisotopic (exact) mass is 496 g/mol. The Morgan fingerprint density at radius 2 is 1.79 bits per heavy atom. The maximum atomic E-state index is 6.06. The topological polar surface area (TPSA) is 65.9 Å². The molecule has 0 bridgehead atoms. The summed E-state index contributed by atoms with van der Waals surface area (Å²) in [6.07, 6.45) is 4.60. The third-order valence-corrected chi connectivity index (χ3v) is 4.62. The van der Waals surface area contributed by atoms with Crippen molar-refractivity contribution in [3.8, 4) is 5.75 Å². The Morgan fingerprint density at radius 1 is 1.11 bits per heavy atom. The molecular formula is C20H29IN6O. The minimum Gasteiger partial charge on any atom is -0.489 e. The van der Waals surface area contributed by atoms with E-state index in [9.17, 15) is 0 Å². The molecule has 7 nitrogen and oxygen atoms in total. The number of rotatable bonds is 6. The van der Waals surface area contributed by atoms with Gasteiger partial charge in [-0.15, -0.1) is 24.0 Å². The lowest BCUT2D eigenvalue weighted by Gasteiger charge is -2.36. The first-order chi connectivity index (χ1) is 13.3. The smallest absolute Gasteiger partial charge is 0.225 e. The maximum Gasteiger partial charge on any atom is 0.225 e. The summed E-state index contributed by atoms with van der Waals surface area (Å²) in [5, 5.41) is 3.47. The van der Waals surface area contributed by atoms with Crippen molar-refractivity contribution in [3.63, 3.8) is 0 Å². The Labute approximate surface area is 184 Å². The number of benzene rings is 1. The second-order valence-electron chi connectivity index (χ2n) is 6.41. The number of para-hydroxylation sites is 1. The van der Waals surface area contributed by atoms with Crippen molar-refractivity contribution in [2.75, 3.05) is 44.7 Å². The SMILES string of the molecule is CCC(CNC(=NC)N1CCN(c2ncccn2)CC1)Oc1ccccc1.I. The minimum absolute atomic E-state index is 0. The molecule has 1 atom stereocenters. The number of hydrogen-bond donors (Lipinski definition) is 1. The highest BCUT2D eigenvalue weighted by Gasteiger charge is 2.21. The third kappa shape index (κ3) is 6.22. The fourth-order valence-corrected chi connectivity index (χ4v) is 3.07. The Kier molecular flexibility index (Phi) is 9.26. The summed E-state index contributed by atoms with van der Waals surface area (Å²) in [6.45, 7) is 6.38. The summed E-state index contributed by atoms with van der Waals surface area (Å²) >= 11 is 0. The molecule has 1 saturated heterocycles. The number of hydrogen-bond acceptors (Lipinski definition) is 5. The summed E-state index contributed by atoms with van der Waals surface area (Å²) in [7, 11) is 1.83. The van der Waals surface area contributed by atoms with Crippen LogP contribution in [-0.4, -0.2) is 66.7 Å². The summed E-state index contributed by atoms with van der Waals surface area (Å²) in [4.78, 5) is 17.6. The average molecular weight is 496 g/mol. The summed E-state index contributed by atoms with van der Waals surface area (Å²) in [5.41, 5.74) is 0. The van der Waals surface area contributed by atoms with E-state index in [0.29, 0.717) is 0 Å². The van der Waals surface area contributed by atoms with Gasteiger partial charge in [-0.05, 0) is 24.6 Å². The molecule has 2 aromatic rings. The number of guanidine groups is 1. The molecule has 0 amide bonds. The molecular weight excluding hydrogens is 467 g/mol. The molecule has 0 aliphatic carbocycles. The standard InChI is InChI=1S/C20H28N6O.HI/c1-3-17(27-18-8-5-4-6-9-18)16-24-19(21-2)25-12-14-26(15-13-25)20-22-10-7-11-23-20;/h4-11,17H,3,12-16H2,1-2H3,(H,21,24);1H. The van der Waals surface area contributed by atoms with E-state index in [2.05, 4.69) is 37.0 Å². The van der Waals surface area contributed by atoms with Crippen LogP contribution < -0.4 is 15.0 Å². The van der Waals surface area contributed by atoms with Crippen molar-refractivity contribution in [1.29, 1.82) is 0 Å². The van der Waals surface area contributed by atoms with Gasteiger partial charge in [0.1, 0.15) is 11.9 Å². The molecule has 0 spiro atoms. The van der Waals surface area contributed by atoms with Gasteiger partial charge >= 0.3 is 0 Å². The van der Waals surface area contributed by atoms with E-state index in [1.807, 2.05) is 43.4 Å². The average Bonchev–Trinajstić information content (AvgIpc) is 2.75. The number of nitrogens with zero attached hydrogens (tertiary/aromatic N) is 5. The van der Waals surface area contributed by atoms with Crippen LogP contribution >= 0.6 is 24.0 Å². The molecule has 1 N–H and O–H groups in total. The number of halogens is 1. The molecule has 0 saturated carbocycles. The lowest BCUT2D eigenvalue weighted by Crippen LogP contribution is -2.54. The fraction of sp³-hybridized carbons (Fsp3) is 0.450. The van der Waals surface area contributed by atoms with Crippen LogP contribution in [0.5, 0.6) is 5.75 Å². The first-order valence-electron chi connectivity index (χ1n) is 9.49. The highest BCUT2D eigenvalue weighted by atomic mass is 127. The Balaban J connectivity index is 0.00000280. The van der Waals surface area contributed by atoms with Crippen molar-refractivity contribution < 1.29 is 4.74 Å². The highest BCUT2D eigenvalue weighted by Crippen LogP contribution is 2.13. The molecule has 1 fully saturated rings. The van der Waals surface area contributed by atoms with Crippen LogP contribution in [-0.2, 0) is 0 Å². The third-order valence-electron chi connectivity index (χ3n) is 4.62. The second-order valence-corrected chi connectivity index (χ2v) is 6.41. The van der Waals surface area contributed by atoms with E-state index in [1.165, 1.54) is 0 Å². The number of aromatic nitrogens is 2. The van der Waals surface area contributed by atoms with E-state index >= 15 is 0 Å². The van der Waals surface area contributed by atoms with Gasteiger partial charge in [0.2, 0.25) is 5.95 Å². The van der Waals surface area contributed by atoms with Gasteiger partial charge in [-0.3, -0.25) is 4.99 Å². The minimum atomic E-state index is 0. The molecule has 0 radical (unpaired) electrons. The molecule has 3 rings (SSSR count). The van der Waals surface area contributed by atoms with Gasteiger partial charge in [0.05, 0.1) is 6.54 Å². The fourth-order valence-electron chi connectivity index (χ4n) is 3.07. The summed E-state index contributed by atoms with van der Waals surface area (Å²) in [6, 6.07) is 11.8. The Morgan fingerprint density at radius 3 is 2.39 bits per heavy atom. The van der Waals surface area contributed by atoms with E-state index in [0.717, 1.165) is 56.8 Å². The van der Waals surface area contributed by atoms with Crippen LogP contribution in [0.15, 0.2) is 53.8 Å². The van der Waals surface area contributed by atoms with Crippen molar-refractivity contribution in [1.82, 2.24) is 20.2 Å². The first kappa shape index (κ1) is 22.2. The predicted molar refractivity (Wildman–Crippen MR) is 124 cm³/mol. The number of anilines is 1. The molecule has 1 unspecified atom stereocenters. The molecule has 1 aliphatic heterocycles. The first-order valence-corrected chi connectivity index (χ1v) is 9.49. The molecule has 2 heterocycles. The molecule has 28 heavy (non-hydrogen) atoms. The predicted octanol–water partition coefficient (Wildman–Crippen LogP) is 2.65. The zero-order valence-electron chi connectivity index (χ0n) is 16.5. The second kappa shape index (κ2) is 11.7. The quantitative estimate of drug-likeness (QED) is 0.377. The van der Waals surface area contributed by atoms with E-state index in [-0.39, 0.29) is 30.1 Å². The highest BCUT2D eigenvalue weighted by molar-refractivity contribution is 14.0. The van der Waals surface area contributed by atoms with Crippen LogP contribution in [0, 0.1) is 0 Å². The van der Waals surface area contributed by atoms with Gasteiger partial charge < -0.3 is 19.9 Å². The molecule has 1 aliphatic rings. The molecule has 8 heteroatoms. The Hall–Kier alpha value is -2.10. The normalized spacial score (nSPS) is 15.6. The lowest BCUT2D eigenvalue weighted by atomic mass is 10.2. The molecule has 1 aromatic carbocycles. The van der Waals surface area contributed by atoms with Crippen LogP contribution in [0.4, 0.5) is 5.95 Å². The van der Waals surface area contributed by atoms with Crippen LogP contribution in [0.1, 0.15) is 13.3 Å². The van der Waals surface area contributed by atoms with Crippen molar-refractivity contribution in [3.05, 3.63) is 48.8 Å². The van der Waals surface area contributed by atoms with Gasteiger partial charge in [0.25, 0.3) is 0 Å². The van der Waals surface area contributed by atoms with Gasteiger partial charge in [-0.25, -0.2) is 9.97 Å². The number of piperazine rings is 1. The van der Waals surface area contributed by atoms with E-state index in [1.54, 1.807) is 12.4 Å². The van der Waals surface area contributed by atoms with Crippen molar-refractivity contribution in [2.45, 2.75) is 19.4 Å². The van der Waals surface area contributed by atoms with Gasteiger partial charge in [0.15, 0.2) is 5.96 Å². The molecule has 152 valence electrons. The maximum absolute atomic E-state index is 6.06. The number of aliphatic imine (C=N–C) groups is 1. The number of ether oxygens (including phenoxy) is 1. The van der Waals surface area contributed by atoms with Crippen LogP contribution in [0.3, 0.4) is 0 Å². The number of nitrogens with one attached hydrogen (secondary N) is 1.